The maximum Gasteiger partial charge on any atom is 0.255 e. The summed E-state index contributed by atoms with van der Waals surface area (Å²) in [4.78, 5) is 19.9. The predicted molar refractivity (Wildman–Crippen MR) is 110 cm³/mol. The fraction of sp³-hybridized carbons (Fsp3) is 0.286. The van der Waals surface area contributed by atoms with Gasteiger partial charge in [0.2, 0.25) is 11.7 Å². The molecule has 28 heavy (non-hydrogen) atoms. The summed E-state index contributed by atoms with van der Waals surface area (Å²) in [5.74, 6) is 1.55. The van der Waals surface area contributed by atoms with Crippen molar-refractivity contribution in [1.82, 2.24) is 15.0 Å². The Morgan fingerprint density at radius 2 is 1.89 bits per heavy atom. The lowest BCUT2D eigenvalue weighted by Crippen LogP contribution is -2.26. The van der Waals surface area contributed by atoms with Crippen LogP contribution in [0.4, 0.5) is 0 Å². The van der Waals surface area contributed by atoms with E-state index in [0.717, 1.165) is 16.2 Å². The molecule has 0 fully saturated rings. The second-order valence-electron chi connectivity index (χ2n) is 6.56. The Kier molecular flexibility index (Phi) is 6.36. The summed E-state index contributed by atoms with van der Waals surface area (Å²) < 4.78 is 10.5. The molecule has 146 valence electrons. The van der Waals surface area contributed by atoms with Crippen molar-refractivity contribution >= 4 is 17.7 Å². The van der Waals surface area contributed by atoms with Crippen LogP contribution in [0.3, 0.4) is 0 Å². The first-order valence-electron chi connectivity index (χ1n) is 8.96. The highest BCUT2D eigenvalue weighted by Crippen LogP contribution is 2.27. The number of hydrogen-bond acceptors (Lipinski definition) is 6. The number of nitrogens with zero attached hydrogens (tertiary/aromatic N) is 3. The SMILES string of the molecule is COc1ccc(-c2noc(CN(C)C(=O)c3ccccc3SC(C)C)n2)cc1. The lowest BCUT2D eigenvalue weighted by atomic mass is 10.2. The van der Waals surface area contributed by atoms with Crippen molar-refractivity contribution in [3.63, 3.8) is 0 Å². The Morgan fingerprint density at radius 3 is 2.57 bits per heavy atom. The van der Waals surface area contributed by atoms with Crippen molar-refractivity contribution in [3.05, 3.63) is 60.0 Å². The molecule has 1 amide bonds. The number of methoxy groups -OCH3 is 1. The smallest absolute Gasteiger partial charge is 0.255 e. The zero-order chi connectivity index (χ0) is 20.1. The van der Waals surface area contributed by atoms with Gasteiger partial charge < -0.3 is 14.2 Å². The molecule has 0 aliphatic heterocycles. The average Bonchev–Trinajstić information content (AvgIpc) is 3.16. The number of ether oxygens (including phenoxy) is 1. The summed E-state index contributed by atoms with van der Waals surface area (Å²) in [6.07, 6.45) is 0. The minimum absolute atomic E-state index is 0.0760. The number of amides is 1. The molecule has 0 aliphatic carbocycles. The van der Waals surface area contributed by atoms with Crippen LogP contribution in [-0.4, -0.2) is 40.4 Å². The van der Waals surface area contributed by atoms with Crippen molar-refractivity contribution < 1.29 is 14.1 Å². The van der Waals surface area contributed by atoms with Gasteiger partial charge in [0.1, 0.15) is 5.75 Å². The topological polar surface area (TPSA) is 68.5 Å². The number of carbonyl (C=O) groups is 1. The van der Waals surface area contributed by atoms with Gasteiger partial charge in [-0.3, -0.25) is 4.79 Å². The zero-order valence-electron chi connectivity index (χ0n) is 16.4. The van der Waals surface area contributed by atoms with E-state index < -0.39 is 0 Å². The third-order valence-electron chi connectivity index (χ3n) is 4.02. The number of thioether (sulfide) groups is 1. The number of benzene rings is 2. The molecular weight excluding hydrogens is 374 g/mol. The van der Waals surface area contributed by atoms with Crippen LogP contribution in [-0.2, 0) is 6.54 Å². The molecule has 3 aromatic rings. The van der Waals surface area contributed by atoms with Gasteiger partial charge in [0.05, 0.1) is 19.2 Å². The van der Waals surface area contributed by atoms with E-state index in [1.807, 2.05) is 48.5 Å². The molecule has 3 rings (SSSR count). The normalized spacial score (nSPS) is 10.9. The van der Waals surface area contributed by atoms with E-state index in [1.54, 1.807) is 30.8 Å². The van der Waals surface area contributed by atoms with Crippen LogP contribution in [0.2, 0.25) is 0 Å². The molecule has 0 spiro atoms. The molecule has 0 atom stereocenters. The Labute approximate surface area is 168 Å². The summed E-state index contributed by atoms with van der Waals surface area (Å²) in [5, 5.41) is 4.41. The van der Waals surface area contributed by atoms with Gasteiger partial charge in [-0.1, -0.05) is 31.1 Å². The second kappa shape index (κ2) is 8.93. The molecule has 2 aromatic carbocycles. The van der Waals surface area contributed by atoms with Crippen molar-refractivity contribution in [3.8, 4) is 17.1 Å². The minimum Gasteiger partial charge on any atom is -0.497 e. The minimum atomic E-state index is -0.0760. The first-order valence-corrected chi connectivity index (χ1v) is 9.84. The van der Waals surface area contributed by atoms with E-state index in [1.165, 1.54) is 0 Å². The monoisotopic (exact) mass is 397 g/mol. The summed E-state index contributed by atoms with van der Waals surface area (Å²) in [7, 11) is 3.35. The second-order valence-corrected chi connectivity index (χ2v) is 8.18. The first kappa shape index (κ1) is 19.9. The fourth-order valence-corrected chi connectivity index (χ4v) is 3.60. The molecule has 0 saturated carbocycles. The molecule has 0 saturated heterocycles. The molecule has 0 bridgehead atoms. The number of hydrogen-bond donors (Lipinski definition) is 0. The van der Waals surface area contributed by atoms with Gasteiger partial charge in [0.25, 0.3) is 5.91 Å². The van der Waals surface area contributed by atoms with Crippen LogP contribution in [0.5, 0.6) is 5.75 Å². The van der Waals surface area contributed by atoms with Gasteiger partial charge >= 0.3 is 0 Å². The lowest BCUT2D eigenvalue weighted by molar-refractivity contribution is 0.0766. The van der Waals surface area contributed by atoms with Crippen LogP contribution in [0.15, 0.2) is 57.9 Å². The van der Waals surface area contributed by atoms with Crippen LogP contribution < -0.4 is 4.74 Å². The third kappa shape index (κ3) is 4.72. The van der Waals surface area contributed by atoms with Crippen molar-refractivity contribution in [1.29, 1.82) is 0 Å². The third-order valence-corrected chi connectivity index (χ3v) is 5.10. The molecule has 7 heteroatoms. The van der Waals surface area contributed by atoms with Gasteiger partial charge in [-0.15, -0.1) is 11.8 Å². The summed E-state index contributed by atoms with van der Waals surface area (Å²) in [6, 6.07) is 15.0. The average molecular weight is 398 g/mol. The number of rotatable bonds is 7. The van der Waals surface area contributed by atoms with E-state index in [-0.39, 0.29) is 12.5 Å². The van der Waals surface area contributed by atoms with Gasteiger partial charge in [-0.2, -0.15) is 4.98 Å². The number of aromatic nitrogens is 2. The Balaban J connectivity index is 1.72. The van der Waals surface area contributed by atoms with Crippen molar-refractivity contribution in [2.24, 2.45) is 0 Å². The van der Waals surface area contributed by atoms with E-state index in [0.29, 0.717) is 22.5 Å². The van der Waals surface area contributed by atoms with Crippen LogP contribution in [0, 0.1) is 0 Å². The Bertz CT molecular complexity index is 938. The van der Waals surface area contributed by atoms with E-state index in [4.69, 9.17) is 9.26 Å². The van der Waals surface area contributed by atoms with Gasteiger partial charge in [-0.25, -0.2) is 0 Å². The number of carbonyl (C=O) groups excluding carboxylic acids is 1. The van der Waals surface area contributed by atoms with Crippen LogP contribution in [0.25, 0.3) is 11.4 Å². The highest BCUT2D eigenvalue weighted by molar-refractivity contribution is 8.00. The molecule has 6 nitrogen and oxygen atoms in total. The molecule has 1 aromatic heterocycles. The Morgan fingerprint density at radius 1 is 1.18 bits per heavy atom. The van der Waals surface area contributed by atoms with Crippen LogP contribution in [0.1, 0.15) is 30.1 Å². The molecule has 0 radical (unpaired) electrons. The van der Waals surface area contributed by atoms with Gasteiger partial charge in [0.15, 0.2) is 0 Å². The lowest BCUT2D eigenvalue weighted by Gasteiger charge is -2.17. The predicted octanol–water partition coefficient (Wildman–Crippen LogP) is 4.52. The van der Waals surface area contributed by atoms with Crippen molar-refractivity contribution in [2.75, 3.05) is 14.2 Å². The van der Waals surface area contributed by atoms with Crippen LogP contribution >= 0.6 is 11.8 Å². The quantitative estimate of drug-likeness (QED) is 0.546. The maximum atomic E-state index is 12.9. The van der Waals surface area contributed by atoms with E-state index >= 15 is 0 Å². The highest BCUT2D eigenvalue weighted by atomic mass is 32.2. The van der Waals surface area contributed by atoms with Crippen molar-refractivity contribution in [2.45, 2.75) is 30.5 Å². The van der Waals surface area contributed by atoms with Gasteiger partial charge in [-0.05, 0) is 36.4 Å². The fourth-order valence-electron chi connectivity index (χ4n) is 2.66. The van der Waals surface area contributed by atoms with E-state index in [2.05, 4.69) is 24.0 Å². The standard InChI is InChI=1S/C21H23N3O3S/c1-14(2)28-18-8-6-5-7-17(18)21(25)24(3)13-19-22-20(23-27-19)15-9-11-16(26-4)12-10-15/h5-12,14H,13H2,1-4H3. The molecule has 1 heterocycles. The zero-order valence-corrected chi connectivity index (χ0v) is 17.2. The summed E-state index contributed by atoms with van der Waals surface area (Å²) in [6.45, 7) is 4.45. The Hall–Kier alpha value is -2.80. The highest BCUT2D eigenvalue weighted by Gasteiger charge is 2.19. The molecule has 0 N–H and O–H groups in total. The summed E-state index contributed by atoms with van der Waals surface area (Å²) >= 11 is 1.67. The molecule has 0 aliphatic rings. The van der Waals surface area contributed by atoms with Gasteiger partial charge in [0, 0.05) is 22.8 Å². The largest absolute Gasteiger partial charge is 0.497 e. The summed E-state index contributed by atoms with van der Waals surface area (Å²) in [5.41, 5.74) is 1.50. The molecular formula is C21H23N3O3S. The maximum absolute atomic E-state index is 12.9. The molecule has 0 unspecified atom stereocenters. The van der Waals surface area contributed by atoms with E-state index in [9.17, 15) is 4.79 Å². The first-order chi connectivity index (χ1) is 13.5.